The molecule has 0 saturated heterocycles. The first-order valence-corrected chi connectivity index (χ1v) is 9.07. The molecule has 2 aliphatic rings. The number of fused-ring (bicyclic) bond motifs is 3. The average molecular weight is 330 g/mol. The van der Waals surface area contributed by atoms with E-state index in [1.54, 1.807) is 7.11 Å². The molecule has 3 rings (SSSR count). The Bertz CT molecular complexity index is 663. The minimum Gasteiger partial charge on any atom is -0.481 e. The summed E-state index contributed by atoms with van der Waals surface area (Å²) in [5, 5.41) is 9.87. The normalized spacial score (nSPS) is 32.8. The number of hydrogen-bond acceptors (Lipinski definition) is 2. The van der Waals surface area contributed by atoms with Gasteiger partial charge in [-0.1, -0.05) is 31.5 Å². The van der Waals surface area contributed by atoms with Crippen molar-refractivity contribution in [1.82, 2.24) is 0 Å². The van der Waals surface area contributed by atoms with Crippen LogP contribution in [-0.2, 0) is 27.0 Å². The van der Waals surface area contributed by atoms with Gasteiger partial charge in [-0.2, -0.15) is 0 Å². The number of ether oxygens (including phenoxy) is 1. The standard InChI is InChI=1S/C21H30O3/c1-19(2,24-5)15-8-9-16-14(13-15)7-10-17-20(16,3)11-6-12-21(17,4)18(22)23/h8-9,13,17H,6-7,10-12H2,1-5H3,(H,22,23)/t17-,20-,21-/m1/s1. The van der Waals surface area contributed by atoms with Gasteiger partial charge in [-0.25, -0.2) is 0 Å². The van der Waals surface area contributed by atoms with Crippen molar-refractivity contribution in [2.45, 2.75) is 70.8 Å². The number of carboxylic acid groups (broad SMARTS) is 1. The molecule has 24 heavy (non-hydrogen) atoms. The first-order chi connectivity index (χ1) is 11.1. The largest absolute Gasteiger partial charge is 0.481 e. The van der Waals surface area contributed by atoms with Gasteiger partial charge in [0.1, 0.15) is 0 Å². The molecule has 3 atom stereocenters. The van der Waals surface area contributed by atoms with Gasteiger partial charge in [-0.3, -0.25) is 4.79 Å². The highest BCUT2D eigenvalue weighted by Gasteiger charge is 2.55. The Balaban J connectivity index is 2.06. The van der Waals surface area contributed by atoms with Crippen LogP contribution in [0.3, 0.4) is 0 Å². The van der Waals surface area contributed by atoms with E-state index < -0.39 is 11.4 Å². The molecule has 0 unspecified atom stereocenters. The summed E-state index contributed by atoms with van der Waals surface area (Å²) in [6.07, 6.45) is 4.79. The number of aliphatic carboxylic acids is 1. The van der Waals surface area contributed by atoms with Crippen molar-refractivity contribution in [3.05, 3.63) is 34.9 Å². The number of benzene rings is 1. The van der Waals surface area contributed by atoms with Gasteiger partial charge in [0.2, 0.25) is 0 Å². The third kappa shape index (κ3) is 2.40. The van der Waals surface area contributed by atoms with Crippen molar-refractivity contribution < 1.29 is 14.6 Å². The Kier molecular flexibility index (Phi) is 4.07. The minimum atomic E-state index is -0.626. The molecule has 0 heterocycles. The predicted octanol–water partition coefficient (Wildman–Crippen LogP) is 4.66. The molecule has 0 spiro atoms. The van der Waals surface area contributed by atoms with Gasteiger partial charge in [-0.05, 0) is 74.5 Å². The molecule has 1 saturated carbocycles. The van der Waals surface area contributed by atoms with Gasteiger partial charge in [0.15, 0.2) is 0 Å². The van der Waals surface area contributed by atoms with Crippen molar-refractivity contribution in [1.29, 1.82) is 0 Å². The lowest BCUT2D eigenvalue weighted by Crippen LogP contribution is -2.52. The Morgan fingerprint density at radius 2 is 2.00 bits per heavy atom. The zero-order chi connectivity index (χ0) is 17.8. The highest BCUT2D eigenvalue weighted by molar-refractivity contribution is 5.75. The number of methoxy groups -OCH3 is 1. The van der Waals surface area contributed by atoms with E-state index in [2.05, 4.69) is 39.0 Å². The lowest BCUT2D eigenvalue weighted by atomic mass is 9.50. The monoisotopic (exact) mass is 330 g/mol. The van der Waals surface area contributed by atoms with Crippen molar-refractivity contribution in [3.8, 4) is 0 Å². The van der Waals surface area contributed by atoms with Crippen LogP contribution in [0.2, 0.25) is 0 Å². The number of rotatable bonds is 3. The summed E-state index contributed by atoms with van der Waals surface area (Å²) in [7, 11) is 1.75. The minimum absolute atomic E-state index is 0.0330. The summed E-state index contributed by atoms with van der Waals surface area (Å²) in [5.41, 5.74) is 3.01. The number of hydrogen-bond donors (Lipinski definition) is 1. The third-order valence-electron chi connectivity index (χ3n) is 7.05. The molecule has 0 aliphatic heterocycles. The maximum Gasteiger partial charge on any atom is 0.309 e. The molecule has 0 radical (unpaired) electrons. The molecule has 0 amide bonds. The predicted molar refractivity (Wildman–Crippen MR) is 95.2 cm³/mol. The van der Waals surface area contributed by atoms with Crippen molar-refractivity contribution >= 4 is 5.97 Å². The zero-order valence-corrected chi connectivity index (χ0v) is 15.6. The summed E-state index contributed by atoms with van der Waals surface area (Å²) in [6, 6.07) is 6.70. The van der Waals surface area contributed by atoms with E-state index in [0.717, 1.165) is 32.1 Å². The van der Waals surface area contributed by atoms with Gasteiger partial charge in [0, 0.05) is 7.11 Å². The summed E-state index contributed by atoms with van der Waals surface area (Å²) >= 11 is 0. The lowest BCUT2D eigenvalue weighted by Gasteiger charge is -2.53. The Morgan fingerprint density at radius 1 is 1.29 bits per heavy atom. The highest BCUT2D eigenvalue weighted by atomic mass is 16.5. The number of carbonyl (C=O) groups is 1. The van der Waals surface area contributed by atoms with Crippen LogP contribution in [0.25, 0.3) is 0 Å². The molecule has 0 aromatic heterocycles. The molecular weight excluding hydrogens is 300 g/mol. The van der Waals surface area contributed by atoms with Crippen LogP contribution in [0.15, 0.2) is 18.2 Å². The van der Waals surface area contributed by atoms with Gasteiger partial charge >= 0.3 is 5.97 Å². The zero-order valence-electron chi connectivity index (χ0n) is 15.6. The van der Waals surface area contributed by atoms with Crippen LogP contribution in [0, 0.1) is 11.3 Å². The van der Waals surface area contributed by atoms with E-state index >= 15 is 0 Å². The van der Waals surface area contributed by atoms with Crippen molar-refractivity contribution in [2.24, 2.45) is 11.3 Å². The van der Waals surface area contributed by atoms with E-state index in [1.165, 1.54) is 16.7 Å². The fourth-order valence-corrected chi connectivity index (χ4v) is 5.24. The molecule has 3 heteroatoms. The molecule has 3 nitrogen and oxygen atoms in total. The maximum atomic E-state index is 12.0. The van der Waals surface area contributed by atoms with Crippen LogP contribution in [0.4, 0.5) is 0 Å². The molecule has 1 aromatic carbocycles. The first kappa shape index (κ1) is 17.5. The van der Waals surface area contributed by atoms with Crippen LogP contribution >= 0.6 is 0 Å². The smallest absolute Gasteiger partial charge is 0.309 e. The van der Waals surface area contributed by atoms with Crippen molar-refractivity contribution in [2.75, 3.05) is 7.11 Å². The van der Waals surface area contributed by atoms with Crippen LogP contribution in [0.5, 0.6) is 0 Å². The van der Waals surface area contributed by atoms with Gasteiger partial charge in [0.05, 0.1) is 11.0 Å². The van der Waals surface area contributed by atoms with Gasteiger partial charge in [-0.15, -0.1) is 0 Å². The molecular formula is C21H30O3. The van der Waals surface area contributed by atoms with Gasteiger partial charge < -0.3 is 9.84 Å². The molecule has 2 aliphatic carbocycles. The topological polar surface area (TPSA) is 46.5 Å². The molecule has 1 fully saturated rings. The number of carboxylic acids is 1. The second kappa shape index (κ2) is 5.59. The molecule has 1 aromatic rings. The molecule has 1 N–H and O–H groups in total. The van der Waals surface area contributed by atoms with Crippen LogP contribution < -0.4 is 0 Å². The summed E-state index contributed by atoms with van der Waals surface area (Å²) < 4.78 is 5.63. The Hall–Kier alpha value is -1.35. The summed E-state index contributed by atoms with van der Waals surface area (Å²) in [4.78, 5) is 12.0. The fourth-order valence-electron chi connectivity index (χ4n) is 5.24. The van der Waals surface area contributed by atoms with Crippen LogP contribution in [-0.4, -0.2) is 18.2 Å². The molecule has 0 bridgehead atoms. The maximum absolute atomic E-state index is 12.0. The second-order valence-electron chi connectivity index (χ2n) is 8.67. The van der Waals surface area contributed by atoms with Gasteiger partial charge in [0.25, 0.3) is 0 Å². The second-order valence-corrected chi connectivity index (χ2v) is 8.67. The third-order valence-corrected chi connectivity index (χ3v) is 7.05. The lowest BCUT2D eigenvalue weighted by molar-refractivity contribution is -0.157. The average Bonchev–Trinajstić information content (AvgIpc) is 2.54. The Labute approximate surface area is 145 Å². The van der Waals surface area contributed by atoms with E-state index in [1.807, 2.05) is 6.92 Å². The van der Waals surface area contributed by atoms with E-state index in [4.69, 9.17) is 4.74 Å². The summed E-state index contributed by atoms with van der Waals surface area (Å²) in [6.45, 7) is 8.43. The van der Waals surface area contributed by atoms with E-state index in [9.17, 15) is 9.90 Å². The Morgan fingerprint density at radius 3 is 2.62 bits per heavy atom. The highest BCUT2D eigenvalue weighted by Crippen LogP contribution is 2.57. The fraction of sp³-hybridized carbons (Fsp3) is 0.667. The van der Waals surface area contributed by atoms with E-state index in [-0.39, 0.29) is 16.9 Å². The van der Waals surface area contributed by atoms with Crippen molar-refractivity contribution in [3.63, 3.8) is 0 Å². The van der Waals surface area contributed by atoms with Crippen LogP contribution in [0.1, 0.15) is 70.1 Å². The SMILES string of the molecule is COC(C)(C)c1ccc2c(c1)CC[C@H]1[C@](C)(C(=O)O)CCC[C@]21C. The summed E-state index contributed by atoms with van der Waals surface area (Å²) in [5.74, 6) is -0.413. The quantitative estimate of drug-likeness (QED) is 0.876. The number of aryl methyl sites for hydroxylation is 1. The molecule has 132 valence electrons. The van der Waals surface area contributed by atoms with E-state index in [0.29, 0.717) is 0 Å². The first-order valence-electron chi connectivity index (χ1n) is 9.07.